The Hall–Kier alpha value is -2.31. The Morgan fingerprint density at radius 1 is 1.25 bits per heavy atom. The number of nitrogens with one attached hydrogen (secondary N) is 2. The van der Waals surface area contributed by atoms with Crippen LogP contribution in [-0.4, -0.2) is 22.7 Å². The molecule has 2 rings (SSSR count). The number of carbonyl (C=O) groups excluding carboxylic acids is 1. The molecule has 0 bridgehead atoms. The topological polar surface area (TPSA) is 70.6 Å². The number of phenols is 1. The summed E-state index contributed by atoms with van der Waals surface area (Å²) in [5.41, 5.74) is 2.21. The molecule has 0 heterocycles. The molecule has 0 saturated heterocycles. The van der Waals surface area contributed by atoms with Crippen molar-refractivity contribution in [2.24, 2.45) is 0 Å². The largest absolute Gasteiger partial charge is 0.506 e. The number of hydrogen-bond donors (Lipinski definition) is 3. The van der Waals surface area contributed by atoms with Crippen molar-refractivity contribution >= 4 is 40.5 Å². The first-order chi connectivity index (χ1) is 11.3. The lowest BCUT2D eigenvalue weighted by molar-refractivity contribution is -0.121. The molecule has 0 spiro atoms. The molecule has 0 atom stereocenters. The van der Waals surface area contributed by atoms with Gasteiger partial charge in [-0.25, -0.2) is 0 Å². The molecule has 0 aliphatic rings. The van der Waals surface area contributed by atoms with Gasteiger partial charge in [0.1, 0.15) is 11.5 Å². The fourth-order valence-corrected chi connectivity index (χ4v) is 2.43. The van der Waals surface area contributed by atoms with E-state index in [1.54, 1.807) is 36.4 Å². The van der Waals surface area contributed by atoms with Crippen molar-refractivity contribution < 1.29 is 14.6 Å². The number of aryl methyl sites for hydroxylation is 2. The predicted octanol–water partition coefficient (Wildman–Crippen LogP) is 3.55. The molecule has 0 aromatic heterocycles. The van der Waals surface area contributed by atoms with Gasteiger partial charge in [0.05, 0.1) is 5.69 Å². The fourth-order valence-electron chi connectivity index (χ4n) is 1.98. The van der Waals surface area contributed by atoms with E-state index in [1.165, 1.54) is 0 Å². The van der Waals surface area contributed by atoms with E-state index in [0.717, 1.165) is 11.1 Å². The zero-order valence-corrected chi connectivity index (χ0v) is 14.8. The van der Waals surface area contributed by atoms with Crippen molar-refractivity contribution in [2.75, 3.05) is 11.9 Å². The second-order valence-electron chi connectivity index (χ2n) is 5.22. The van der Waals surface area contributed by atoms with Gasteiger partial charge in [-0.2, -0.15) is 0 Å². The molecule has 0 unspecified atom stereocenters. The van der Waals surface area contributed by atoms with Crippen LogP contribution in [0, 0.1) is 13.8 Å². The van der Waals surface area contributed by atoms with E-state index in [4.69, 9.17) is 28.6 Å². The standard InChI is InChI=1S/C17H17ClN2O3S/c1-10-3-5-14(21)13(7-10)19-17(24)20-16(22)9-23-15-6-4-12(18)8-11(15)2/h3-8,21H,9H2,1-2H3,(H2,19,20,22,24). The Balaban J connectivity index is 1.87. The monoisotopic (exact) mass is 364 g/mol. The maximum atomic E-state index is 11.9. The summed E-state index contributed by atoms with van der Waals surface area (Å²) in [4.78, 5) is 11.9. The molecule has 1 amide bonds. The van der Waals surface area contributed by atoms with E-state index in [2.05, 4.69) is 10.6 Å². The van der Waals surface area contributed by atoms with Crippen molar-refractivity contribution in [3.63, 3.8) is 0 Å². The smallest absolute Gasteiger partial charge is 0.264 e. The van der Waals surface area contributed by atoms with E-state index in [-0.39, 0.29) is 17.5 Å². The lowest BCUT2D eigenvalue weighted by Crippen LogP contribution is -2.37. The van der Waals surface area contributed by atoms with Crippen LogP contribution in [0.1, 0.15) is 11.1 Å². The third-order valence-electron chi connectivity index (χ3n) is 3.15. The Morgan fingerprint density at radius 2 is 2.00 bits per heavy atom. The van der Waals surface area contributed by atoms with Crippen molar-refractivity contribution in [1.29, 1.82) is 0 Å². The van der Waals surface area contributed by atoms with Crippen molar-refractivity contribution in [3.05, 3.63) is 52.5 Å². The number of carbonyl (C=O) groups is 1. The van der Waals surface area contributed by atoms with Gasteiger partial charge in [0, 0.05) is 5.02 Å². The van der Waals surface area contributed by atoms with Crippen LogP contribution in [0.5, 0.6) is 11.5 Å². The van der Waals surface area contributed by atoms with Gasteiger partial charge >= 0.3 is 0 Å². The van der Waals surface area contributed by atoms with E-state index in [0.29, 0.717) is 16.5 Å². The Labute approximate surface area is 150 Å². The number of benzene rings is 2. The highest BCUT2D eigenvalue weighted by Gasteiger charge is 2.09. The maximum Gasteiger partial charge on any atom is 0.264 e. The summed E-state index contributed by atoms with van der Waals surface area (Å²) in [6, 6.07) is 10.2. The minimum Gasteiger partial charge on any atom is -0.506 e. The van der Waals surface area contributed by atoms with Crippen molar-refractivity contribution in [2.45, 2.75) is 13.8 Å². The molecule has 2 aromatic carbocycles. The van der Waals surface area contributed by atoms with Gasteiger partial charge in [0.25, 0.3) is 5.91 Å². The number of amides is 1. The van der Waals surface area contributed by atoms with Crippen molar-refractivity contribution in [3.8, 4) is 11.5 Å². The minimum atomic E-state index is -0.408. The molecule has 24 heavy (non-hydrogen) atoms. The van der Waals surface area contributed by atoms with Gasteiger partial charge in [-0.3, -0.25) is 10.1 Å². The van der Waals surface area contributed by atoms with Crippen LogP contribution in [0.25, 0.3) is 0 Å². The summed E-state index contributed by atoms with van der Waals surface area (Å²) in [5, 5.41) is 15.7. The van der Waals surface area contributed by atoms with E-state index in [1.807, 2.05) is 13.8 Å². The zero-order chi connectivity index (χ0) is 17.7. The average molecular weight is 365 g/mol. The molecule has 2 aromatic rings. The molecule has 7 heteroatoms. The van der Waals surface area contributed by atoms with Gasteiger partial charge in [0.2, 0.25) is 0 Å². The first-order valence-corrected chi connectivity index (χ1v) is 7.93. The fraction of sp³-hybridized carbons (Fsp3) is 0.176. The summed E-state index contributed by atoms with van der Waals surface area (Å²) >= 11 is 10.9. The van der Waals surface area contributed by atoms with Crippen molar-refractivity contribution in [1.82, 2.24) is 5.32 Å². The summed E-state index contributed by atoms with van der Waals surface area (Å²) in [6.45, 7) is 3.53. The van der Waals surface area contributed by atoms with Crippen LogP contribution < -0.4 is 15.4 Å². The van der Waals surface area contributed by atoms with Crippen LogP contribution in [0.3, 0.4) is 0 Å². The van der Waals surface area contributed by atoms with Gasteiger partial charge in [-0.1, -0.05) is 17.7 Å². The molecule has 3 N–H and O–H groups in total. The van der Waals surface area contributed by atoms with Gasteiger partial charge in [0.15, 0.2) is 11.7 Å². The normalized spacial score (nSPS) is 10.1. The van der Waals surface area contributed by atoms with E-state index >= 15 is 0 Å². The van der Waals surface area contributed by atoms with E-state index in [9.17, 15) is 9.90 Å². The quantitative estimate of drug-likeness (QED) is 0.571. The Morgan fingerprint density at radius 3 is 2.71 bits per heavy atom. The number of thiocarbonyl (C=S) groups is 1. The summed E-state index contributed by atoms with van der Waals surface area (Å²) in [5.74, 6) is 0.212. The number of rotatable bonds is 4. The number of anilines is 1. The third kappa shape index (κ3) is 5.11. The molecule has 5 nitrogen and oxygen atoms in total. The van der Waals surface area contributed by atoms with E-state index < -0.39 is 5.91 Å². The second kappa shape index (κ2) is 7.99. The van der Waals surface area contributed by atoms with Gasteiger partial charge in [-0.15, -0.1) is 0 Å². The molecule has 0 saturated carbocycles. The highest BCUT2D eigenvalue weighted by atomic mass is 35.5. The van der Waals surface area contributed by atoms with Crippen LogP contribution >= 0.6 is 23.8 Å². The Kier molecular flexibility index (Phi) is 6.00. The summed E-state index contributed by atoms with van der Waals surface area (Å²) in [6.07, 6.45) is 0. The predicted molar refractivity (Wildman–Crippen MR) is 98.9 cm³/mol. The van der Waals surface area contributed by atoms with Gasteiger partial charge < -0.3 is 15.2 Å². The number of ether oxygens (including phenoxy) is 1. The minimum absolute atomic E-state index is 0.0465. The molecule has 0 fully saturated rings. The lowest BCUT2D eigenvalue weighted by atomic mass is 10.2. The summed E-state index contributed by atoms with van der Waals surface area (Å²) < 4.78 is 5.44. The molecular weight excluding hydrogens is 348 g/mol. The number of hydrogen-bond acceptors (Lipinski definition) is 4. The highest BCUT2D eigenvalue weighted by Crippen LogP contribution is 2.24. The number of aromatic hydroxyl groups is 1. The molecule has 0 aliphatic carbocycles. The maximum absolute atomic E-state index is 11.9. The SMILES string of the molecule is Cc1ccc(O)c(NC(=S)NC(=O)COc2ccc(Cl)cc2C)c1. The van der Waals surface area contributed by atoms with Crippen LogP contribution in [0.4, 0.5) is 5.69 Å². The number of halogens is 1. The summed E-state index contributed by atoms with van der Waals surface area (Å²) in [7, 11) is 0. The van der Waals surface area contributed by atoms with Crippen LogP contribution in [-0.2, 0) is 4.79 Å². The average Bonchev–Trinajstić information content (AvgIpc) is 2.50. The van der Waals surface area contributed by atoms with Gasteiger partial charge in [-0.05, 0) is 67.5 Å². The Bertz CT molecular complexity index is 780. The first-order valence-electron chi connectivity index (χ1n) is 7.14. The molecule has 0 aliphatic heterocycles. The first kappa shape index (κ1) is 18.0. The molecule has 0 radical (unpaired) electrons. The van der Waals surface area contributed by atoms with Crippen LogP contribution in [0.15, 0.2) is 36.4 Å². The highest BCUT2D eigenvalue weighted by molar-refractivity contribution is 7.80. The lowest BCUT2D eigenvalue weighted by Gasteiger charge is -2.12. The third-order valence-corrected chi connectivity index (χ3v) is 3.59. The zero-order valence-electron chi connectivity index (χ0n) is 13.2. The second-order valence-corrected chi connectivity index (χ2v) is 6.07. The van der Waals surface area contributed by atoms with Crippen LogP contribution in [0.2, 0.25) is 5.02 Å². The molecular formula is C17H17ClN2O3S. The molecule has 126 valence electrons. The number of phenolic OH excluding ortho intramolecular Hbond substituents is 1.